The molecule has 2 bridgehead atoms. The number of nitrogens with one attached hydrogen (secondary N) is 1. The molecule has 19 heavy (non-hydrogen) atoms. The first-order valence-electron chi connectivity index (χ1n) is 7.72. The maximum absolute atomic E-state index is 11.6. The lowest BCUT2D eigenvalue weighted by atomic mass is 9.89. The molecule has 3 unspecified atom stereocenters. The van der Waals surface area contributed by atoms with E-state index in [9.17, 15) is 8.42 Å². The molecular formula is C14H26N2O2S. The zero-order valence-corrected chi connectivity index (χ0v) is 12.7. The van der Waals surface area contributed by atoms with Crippen molar-refractivity contribution in [1.29, 1.82) is 0 Å². The van der Waals surface area contributed by atoms with Crippen molar-refractivity contribution < 1.29 is 8.42 Å². The van der Waals surface area contributed by atoms with Crippen LogP contribution in [0.15, 0.2) is 0 Å². The highest BCUT2D eigenvalue weighted by Gasteiger charge is 2.34. The van der Waals surface area contributed by atoms with E-state index >= 15 is 0 Å². The minimum Gasteiger partial charge on any atom is -0.311 e. The molecule has 3 atom stereocenters. The minimum absolute atomic E-state index is 0.206. The van der Waals surface area contributed by atoms with Gasteiger partial charge >= 0.3 is 0 Å². The molecule has 3 rings (SSSR count). The molecule has 0 amide bonds. The summed E-state index contributed by atoms with van der Waals surface area (Å²) in [6.45, 7) is 3.88. The number of piperidine rings is 1. The standard InChI is InChI=1S/C14H26N2O2S/c1-11-10-19(17,18)7-6-16(11)5-4-12-8-13-2-3-14(9-12)15-13/h11-15H,2-10H2,1H3. The average Bonchev–Trinajstić information content (AvgIpc) is 2.67. The van der Waals surface area contributed by atoms with Gasteiger partial charge in [0.25, 0.3) is 0 Å². The first-order valence-corrected chi connectivity index (χ1v) is 9.54. The lowest BCUT2D eigenvalue weighted by Gasteiger charge is -2.35. The van der Waals surface area contributed by atoms with Crippen molar-refractivity contribution in [2.75, 3.05) is 24.6 Å². The summed E-state index contributed by atoms with van der Waals surface area (Å²) in [5, 5.41) is 3.68. The Bertz CT molecular complexity index is 411. The van der Waals surface area contributed by atoms with Crippen LogP contribution in [-0.2, 0) is 9.84 Å². The smallest absolute Gasteiger partial charge is 0.153 e. The van der Waals surface area contributed by atoms with Crippen LogP contribution in [0, 0.1) is 5.92 Å². The Hall–Kier alpha value is -0.130. The van der Waals surface area contributed by atoms with Crippen LogP contribution < -0.4 is 5.32 Å². The molecule has 0 aromatic rings. The van der Waals surface area contributed by atoms with E-state index in [1.165, 1.54) is 32.1 Å². The first kappa shape index (κ1) is 13.8. The van der Waals surface area contributed by atoms with Crippen molar-refractivity contribution in [3.63, 3.8) is 0 Å². The molecule has 3 aliphatic heterocycles. The highest BCUT2D eigenvalue weighted by molar-refractivity contribution is 7.91. The quantitative estimate of drug-likeness (QED) is 0.842. The Balaban J connectivity index is 1.47. The number of rotatable bonds is 3. The van der Waals surface area contributed by atoms with Gasteiger partial charge in [0.1, 0.15) is 0 Å². The zero-order valence-electron chi connectivity index (χ0n) is 11.8. The summed E-state index contributed by atoms with van der Waals surface area (Å²) in [4.78, 5) is 2.38. The minimum atomic E-state index is -2.77. The van der Waals surface area contributed by atoms with E-state index in [0.29, 0.717) is 11.5 Å². The lowest BCUT2D eigenvalue weighted by molar-refractivity contribution is 0.190. The van der Waals surface area contributed by atoms with Gasteiger partial charge in [0.2, 0.25) is 0 Å². The van der Waals surface area contributed by atoms with Crippen LogP contribution in [0.2, 0.25) is 0 Å². The predicted octanol–water partition coefficient (Wildman–Crippen LogP) is 1.03. The summed E-state index contributed by atoms with van der Waals surface area (Å²) >= 11 is 0. The molecule has 3 fully saturated rings. The van der Waals surface area contributed by atoms with E-state index in [1.54, 1.807) is 0 Å². The zero-order chi connectivity index (χ0) is 13.5. The lowest BCUT2D eigenvalue weighted by Crippen LogP contribution is -2.48. The van der Waals surface area contributed by atoms with Crippen LogP contribution >= 0.6 is 0 Å². The Morgan fingerprint density at radius 1 is 1.21 bits per heavy atom. The third kappa shape index (κ3) is 3.31. The molecule has 0 saturated carbocycles. The molecule has 3 aliphatic rings. The summed E-state index contributed by atoms with van der Waals surface area (Å²) in [6, 6.07) is 1.74. The van der Waals surface area contributed by atoms with E-state index in [2.05, 4.69) is 17.1 Å². The van der Waals surface area contributed by atoms with Crippen molar-refractivity contribution in [1.82, 2.24) is 10.2 Å². The number of hydrogen-bond donors (Lipinski definition) is 1. The maximum Gasteiger partial charge on any atom is 0.153 e. The number of fused-ring (bicyclic) bond motifs is 2. The largest absolute Gasteiger partial charge is 0.311 e. The van der Waals surface area contributed by atoms with Gasteiger partial charge in [-0.05, 0) is 51.5 Å². The molecule has 0 spiro atoms. The third-order valence-electron chi connectivity index (χ3n) is 5.20. The van der Waals surface area contributed by atoms with E-state index in [-0.39, 0.29) is 6.04 Å². The summed E-state index contributed by atoms with van der Waals surface area (Å²) in [5.41, 5.74) is 0. The van der Waals surface area contributed by atoms with Crippen LogP contribution in [0.4, 0.5) is 0 Å². The molecule has 0 aromatic heterocycles. The Morgan fingerprint density at radius 3 is 2.53 bits per heavy atom. The predicted molar refractivity (Wildman–Crippen MR) is 77.0 cm³/mol. The number of nitrogens with zero attached hydrogens (tertiary/aromatic N) is 1. The topological polar surface area (TPSA) is 49.4 Å². The average molecular weight is 286 g/mol. The van der Waals surface area contributed by atoms with Gasteiger partial charge in [-0.25, -0.2) is 8.42 Å². The summed E-state index contributed by atoms with van der Waals surface area (Å²) < 4.78 is 23.1. The van der Waals surface area contributed by atoms with Gasteiger partial charge in [0.15, 0.2) is 9.84 Å². The van der Waals surface area contributed by atoms with Crippen LogP contribution in [-0.4, -0.2) is 56.0 Å². The fourth-order valence-electron chi connectivity index (χ4n) is 4.12. The SMILES string of the molecule is CC1CS(=O)(=O)CCN1CCC1CC2CCC(C1)N2. The van der Waals surface area contributed by atoms with Crippen molar-refractivity contribution >= 4 is 9.84 Å². The van der Waals surface area contributed by atoms with Crippen molar-refractivity contribution in [3.8, 4) is 0 Å². The molecule has 110 valence electrons. The Morgan fingerprint density at radius 2 is 1.89 bits per heavy atom. The van der Waals surface area contributed by atoms with Crippen molar-refractivity contribution in [2.45, 2.75) is 57.2 Å². The normalized spacial score (nSPS) is 42.4. The second-order valence-electron chi connectivity index (χ2n) is 6.76. The highest BCUT2D eigenvalue weighted by atomic mass is 32.2. The van der Waals surface area contributed by atoms with Crippen molar-refractivity contribution in [2.24, 2.45) is 5.92 Å². The molecule has 1 N–H and O–H groups in total. The second-order valence-corrected chi connectivity index (χ2v) is 8.99. The van der Waals surface area contributed by atoms with E-state index in [1.807, 2.05) is 0 Å². The third-order valence-corrected chi connectivity index (χ3v) is 7.00. The second kappa shape index (κ2) is 5.34. The van der Waals surface area contributed by atoms with E-state index in [4.69, 9.17) is 0 Å². The fraction of sp³-hybridized carbons (Fsp3) is 1.00. The summed E-state index contributed by atoms with van der Waals surface area (Å²) in [7, 11) is -2.77. The molecule has 0 radical (unpaired) electrons. The number of sulfone groups is 1. The Labute approximate surface area is 116 Å². The van der Waals surface area contributed by atoms with Gasteiger partial charge in [-0.2, -0.15) is 0 Å². The van der Waals surface area contributed by atoms with Crippen LogP contribution in [0.3, 0.4) is 0 Å². The summed E-state index contributed by atoms with van der Waals surface area (Å²) in [5.74, 6) is 1.56. The van der Waals surface area contributed by atoms with Gasteiger partial charge in [-0.15, -0.1) is 0 Å². The molecular weight excluding hydrogens is 260 g/mol. The van der Waals surface area contributed by atoms with Crippen LogP contribution in [0.5, 0.6) is 0 Å². The van der Waals surface area contributed by atoms with Gasteiger partial charge in [-0.3, -0.25) is 4.90 Å². The van der Waals surface area contributed by atoms with E-state index < -0.39 is 9.84 Å². The fourth-order valence-corrected chi connectivity index (χ4v) is 5.75. The highest BCUT2D eigenvalue weighted by Crippen LogP contribution is 2.32. The maximum atomic E-state index is 11.6. The Kier molecular flexibility index (Phi) is 3.89. The first-order chi connectivity index (χ1) is 9.02. The van der Waals surface area contributed by atoms with Crippen molar-refractivity contribution in [3.05, 3.63) is 0 Å². The monoisotopic (exact) mass is 286 g/mol. The van der Waals surface area contributed by atoms with Gasteiger partial charge in [0.05, 0.1) is 11.5 Å². The van der Waals surface area contributed by atoms with Gasteiger partial charge < -0.3 is 5.32 Å². The van der Waals surface area contributed by atoms with Crippen LogP contribution in [0.1, 0.15) is 39.0 Å². The molecule has 4 nitrogen and oxygen atoms in total. The van der Waals surface area contributed by atoms with Gasteiger partial charge in [-0.1, -0.05) is 0 Å². The molecule has 3 heterocycles. The molecule has 5 heteroatoms. The van der Waals surface area contributed by atoms with Gasteiger partial charge in [0, 0.05) is 24.7 Å². The molecule has 3 saturated heterocycles. The summed E-state index contributed by atoms with van der Waals surface area (Å²) in [6.07, 6.45) is 6.63. The van der Waals surface area contributed by atoms with Crippen LogP contribution in [0.25, 0.3) is 0 Å². The molecule has 0 aliphatic carbocycles. The number of hydrogen-bond acceptors (Lipinski definition) is 4. The van der Waals surface area contributed by atoms with E-state index in [0.717, 1.165) is 31.1 Å². The molecule has 0 aromatic carbocycles.